The maximum absolute atomic E-state index is 5.19. The zero-order valence-corrected chi connectivity index (χ0v) is 9.23. The van der Waals surface area contributed by atoms with Crippen LogP contribution in [0.1, 0.15) is 32.5 Å². The molecule has 0 aliphatic heterocycles. The fourth-order valence-corrected chi connectivity index (χ4v) is 1.35. The van der Waals surface area contributed by atoms with Gasteiger partial charge >= 0.3 is 0 Å². The summed E-state index contributed by atoms with van der Waals surface area (Å²) in [6.07, 6.45) is 5.15. The standard InChI is InChI=1S/C10H19N3O/c1-4-7-13-8-11-12-10(13)6-5-9(2)14-3/h8-9H,4-7H2,1-3H3. The molecule has 0 saturated carbocycles. The largest absolute Gasteiger partial charge is 0.382 e. The molecule has 0 spiro atoms. The van der Waals surface area contributed by atoms with Gasteiger partial charge in [0.25, 0.3) is 0 Å². The number of aromatic nitrogens is 3. The number of hydrogen-bond donors (Lipinski definition) is 0. The van der Waals surface area contributed by atoms with E-state index in [1.807, 2.05) is 0 Å². The van der Waals surface area contributed by atoms with Crippen molar-refractivity contribution >= 4 is 0 Å². The van der Waals surface area contributed by atoms with Crippen LogP contribution in [0.2, 0.25) is 0 Å². The van der Waals surface area contributed by atoms with Crippen molar-refractivity contribution in [1.82, 2.24) is 14.8 Å². The lowest BCUT2D eigenvalue weighted by molar-refractivity contribution is 0.110. The van der Waals surface area contributed by atoms with Crippen molar-refractivity contribution in [3.8, 4) is 0 Å². The van der Waals surface area contributed by atoms with Crippen molar-refractivity contribution in [3.05, 3.63) is 12.2 Å². The van der Waals surface area contributed by atoms with Gasteiger partial charge in [0, 0.05) is 20.1 Å². The van der Waals surface area contributed by atoms with Crippen LogP contribution in [-0.4, -0.2) is 28.0 Å². The molecule has 1 rings (SSSR count). The molecule has 0 amide bonds. The minimum absolute atomic E-state index is 0.293. The number of hydrogen-bond acceptors (Lipinski definition) is 3. The molecular formula is C10H19N3O. The summed E-state index contributed by atoms with van der Waals surface area (Å²) in [7, 11) is 1.74. The second-order valence-electron chi connectivity index (χ2n) is 3.53. The van der Waals surface area contributed by atoms with Crippen LogP contribution < -0.4 is 0 Å². The highest BCUT2D eigenvalue weighted by molar-refractivity contribution is 4.86. The Morgan fingerprint density at radius 2 is 2.36 bits per heavy atom. The Kier molecular flexibility index (Phi) is 4.59. The maximum Gasteiger partial charge on any atom is 0.132 e. The Labute approximate surface area is 85.3 Å². The van der Waals surface area contributed by atoms with Gasteiger partial charge in [0.2, 0.25) is 0 Å². The van der Waals surface area contributed by atoms with Crippen LogP contribution in [0.15, 0.2) is 6.33 Å². The Hall–Kier alpha value is -0.900. The number of nitrogens with zero attached hydrogens (tertiary/aromatic N) is 3. The van der Waals surface area contributed by atoms with Crippen molar-refractivity contribution in [3.63, 3.8) is 0 Å². The second-order valence-corrected chi connectivity index (χ2v) is 3.53. The summed E-state index contributed by atoms with van der Waals surface area (Å²) in [6.45, 7) is 5.23. The minimum Gasteiger partial charge on any atom is -0.382 e. The van der Waals surface area contributed by atoms with Gasteiger partial charge in [-0.1, -0.05) is 6.92 Å². The lowest BCUT2D eigenvalue weighted by Gasteiger charge is -2.09. The van der Waals surface area contributed by atoms with E-state index in [-0.39, 0.29) is 0 Å². The minimum atomic E-state index is 0.293. The monoisotopic (exact) mass is 197 g/mol. The summed E-state index contributed by atoms with van der Waals surface area (Å²) in [4.78, 5) is 0. The first-order valence-corrected chi connectivity index (χ1v) is 5.17. The molecule has 0 bridgehead atoms. The third kappa shape index (κ3) is 3.10. The lowest BCUT2D eigenvalue weighted by atomic mass is 10.2. The van der Waals surface area contributed by atoms with Crippen LogP contribution in [0.3, 0.4) is 0 Å². The van der Waals surface area contributed by atoms with E-state index in [1.165, 1.54) is 0 Å². The van der Waals surface area contributed by atoms with Crippen molar-refractivity contribution in [2.45, 2.75) is 45.8 Å². The first kappa shape index (κ1) is 11.2. The van der Waals surface area contributed by atoms with Crippen molar-refractivity contribution in [2.24, 2.45) is 0 Å². The Balaban J connectivity index is 2.45. The normalized spacial score (nSPS) is 13.1. The summed E-state index contributed by atoms with van der Waals surface area (Å²) in [5.41, 5.74) is 0. The summed E-state index contributed by atoms with van der Waals surface area (Å²) < 4.78 is 7.30. The average Bonchev–Trinajstić information content (AvgIpc) is 2.62. The Bertz CT molecular complexity index is 260. The van der Waals surface area contributed by atoms with E-state index in [2.05, 4.69) is 28.6 Å². The first-order valence-electron chi connectivity index (χ1n) is 5.17. The van der Waals surface area contributed by atoms with Crippen LogP contribution in [0.25, 0.3) is 0 Å². The summed E-state index contributed by atoms with van der Waals surface area (Å²) in [5.74, 6) is 1.07. The molecule has 0 fully saturated rings. The van der Waals surface area contributed by atoms with Gasteiger partial charge in [-0.15, -0.1) is 10.2 Å². The van der Waals surface area contributed by atoms with Crippen LogP contribution >= 0.6 is 0 Å². The van der Waals surface area contributed by atoms with Crippen LogP contribution in [0, 0.1) is 0 Å². The van der Waals surface area contributed by atoms with Gasteiger partial charge in [-0.25, -0.2) is 0 Å². The molecule has 1 unspecified atom stereocenters. The van der Waals surface area contributed by atoms with Gasteiger partial charge in [0.05, 0.1) is 6.10 Å². The molecule has 14 heavy (non-hydrogen) atoms. The van der Waals surface area contributed by atoms with Crippen molar-refractivity contribution < 1.29 is 4.74 Å². The lowest BCUT2D eigenvalue weighted by Crippen LogP contribution is -2.09. The SMILES string of the molecule is CCCn1cnnc1CCC(C)OC. The highest BCUT2D eigenvalue weighted by Crippen LogP contribution is 2.04. The molecule has 1 heterocycles. The molecule has 1 atom stereocenters. The zero-order valence-electron chi connectivity index (χ0n) is 9.23. The van der Waals surface area contributed by atoms with E-state index in [0.717, 1.165) is 31.6 Å². The van der Waals surface area contributed by atoms with Crippen molar-refractivity contribution in [1.29, 1.82) is 0 Å². The van der Waals surface area contributed by atoms with E-state index in [9.17, 15) is 0 Å². The number of methoxy groups -OCH3 is 1. The molecule has 0 aromatic carbocycles. The zero-order chi connectivity index (χ0) is 10.4. The molecule has 1 aromatic rings. The highest BCUT2D eigenvalue weighted by atomic mass is 16.5. The third-order valence-corrected chi connectivity index (χ3v) is 2.34. The third-order valence-electron chi connectivity index (χ3n) is 2.34. The molecule has 1 aromatic heterocycles. The van der Waals surface area contributed by atoms with Crippen LogP contribution in [0.4, 0.5) is 0 Å². The Morgan fingerprint density at radius 3 is 3.00 bits per heavy atom. The number of ether oxygens (including phenoxy) is 1. The summed E-state index contributed by atoms with van der Waals surface area (Å²) >= 11 is 0. The molecule has 0 radical (unpaired) electrons. The second kappa shape index (κ2) is 5.75. The molecule has 4 heteroatoms. The molecule has 0 N–H and O–H groups in total. The fourth-order valence-electron chi connectivity index (χ4n) is 1.35. The first-order chi connectivity index (χ1) is 6.77. The maximum atomic E-state index is 5.19. The van der Waals surface area contributed by atoms with Gasteiger partial charge in [-0.05, 0) is 19.8 Å². The Morgan fingerprint density at radius 1 is 1.57 bits per heavy atom. The van der Waals surface area contributed by atoms with Crippen LogP contribution in [-0.2, 0) is 17.7 Å². The summed E-state index contributed by atoms with van der Waals surface area (Å²) in [6, 6.07) is 0. The van der Waals surface area contributed by atoms with E-state index >= 15 is 0 Å². The van der Waals surface area contributed by atoms with E-state index < -0.39 is 0 Å². The number of aryl methyl sites for hydroxylation is 2. The van der Waals surface area contributed by atoms with E-state index in [4.69, 9.17) is 4.74 Å². The molecular weight excluding hydrogens is 178 g/mol. The molecule has 80 valence electrons. The van der Waals surface area contributed by atoms with Crippen molar-refractivity contribution in [2.75, 3.05) is 7.11 Å². The van der Waals surface area contributed by atoms with Gasteiger partial charge in [-0.2, -0.15) is 0 Å². The predicted octanol–water partition coefficient (Wildman–Crippen LogP) is 1.66. The molecule has 0 saturated heterocycles. The smallest absolute Gasteiger partial charge is 0.132 e. The summed E-state index contributed by atoms with van der Waals surface area (Å²) in [5, 5.41) is 8.02. The molecule has 0 aliphatic carbocycles. The topological polar surface area (TPSA) is 39.9 Å². The quantitative estimate of drug-likeness (QED) is 0.696. The molecule has 0 aliphatic rings. The van der Waals surface area contributed by atoms with E-state index in [0.29, 0.717) is 6.10 Å². The number of rotatable bonds is 6. The molecule has 4 nitrogen and oxygen atoms in total. The predicted molar refractivity (Wildman–Crippen MR) is 55.1 cm³/mol. The van der Waals surface area contributed by atoms with Gasteiger partial charge < -0.3 is 9.30 Å². The fraction of sp³-hybridized carbons (Fsp3) is 0.800. The van der Waals surface area contributed by atoms with Gasteiger partial charge in [0.1, 0.15) is 12.2 Å². The average molecular weight is 197 g/mol. The van der Waals surface area contributed by atoms with Crippen LogP contribution in [0.5, 0.6) is 0 Å². The van der Waals surface area contributed by atoms with Gasteiger partial charge in [0.15, 0.2) is 0 Å². The highest BCUT2D eigenvalue weighted by Gasteiger charge is 2.06. The van der Waals surface area contributed by atoms with Gasteiger partial charge in [-0.3, -0.25) is 0 Å². The van der Waals surface area contributed by atoms with E-state index in [1.54, 1.807) is 13.4 Å².